The first-order valence-corrected chi connectivity index (χ1v) is 7.01. The summed E-state index contributed by atoms with van der Waals surface area (Å²) in [5.41, 5.74) is 2.53. The van der Waals surface area contributed by atoms with Gasteiger partial charge in [0.15, 0.2) is 0 Å². The summed E-state index contributed by atoms with van der Waals surface area (Å²) < 4.78 is 3.67. The standard InChI is InChI=1S/C16H17N3O2/c1-17-15(20)9-5-11-19-13-7-3-2-6-12(13)18-10-4-8-14(18)16(19)21/h2-4,6-8,10H,5,9,11H2,1H3,(H,17,20). The number of carbonyl (C=O) groups is 1. The topological polar surface area (TPSA) is 55.5 Å². The predicted molar refractivity (Wildman–Crippen MR) is 82.5 cm³/mol. The molecule has 108 valence electrons. The maximum absolute atomic E-state index is 12.6. The number of hydrogen-bond acceptors (Lipinski definition) is 2. The number of aryl methyl sites for hydroxylation is 1. The molecular formula is C16H17N3O2. The second-order valence-electron chi connectivity index (χ2n) is 4.99. The molecular weight excluding hydrogens is 266 g/mol. The average Bonchev–Trinajstić information content (AvgIpc) is 3.00. The van der Waals surface area contributed by atoms with Gasteiger partial charge in [0.2, 0.25) is 5.91 Å². The Labute approximate surface area is 121 Å². The zero-order chi connectivity index (χ0) is 14.8. The van der Waals surface area contributed by atoms with E-state index in [0.717, 1.165) is 11.0 Å². The second kappa shape index (κ2) is 5.44. The van der Waals surface area contributed by atoms with E-state index in [9.17, 15) is 9.59 Å². The van der Waals surface area contributed by atoms with E-state index >= 15 is 0 Å². The molecule has 5 nitrogen and oxygen atoms in total. The number of carbonyl (C=O) groups excluding carboxylic acids is 1. The van der Waals surface area contributed by atoms with Crippen LogP contribution in [0.25, 0.3) is 16.6 Å². The van der Waals surface area contributed by atoms with Gasteiger partial charge in [-0.1, -0.05) is 12.1 Å². The van der Waals surface area contributed by atoms with E-state index in [1.165, 1.54) is 0 Å². The summed E-state index contributed by atoms with van der Waals surface area (Å²) in [4.78, 5) is 23.9. The Morgan fingerprint density at radius 1 is 1.10 bits per heavy atom. The summed E-state index contributed by atoms with van der Waals surface area (Å²) >= 11 is 0. The highest BCUT2D eigenvalue weighted by Crippen LogP contribution is 2.15. The fourth-order valence-electron chi connectivity index (χ4n) is 2.65. The molecule has 1 amide bonds. The first kappa shape index (κ1) is 13.4. The Bertz CT molecular complexity index is 861. The van der Waals surface area contributed by atoms with Crippen molar-refractivity contribution in [1.82, 2.24) is 14.3 Å². The molecule has 0 atom stereocenters. The Kier molecular flexibility index (Phi) is 3.48. The van der Waals surface area contributed by atoms with E-state index in [1.54, 1.807) is 11.6 Å². The minimum atomic E-state index is -0.0180. The van der Waals surface area contributed by atoms with E-state index < -0.39 is 0 Å². The highest BCUT2D eigenvalue weighted by molar-refractivity contribution is 5.79. The zero-order valence-corrected chi connectivity index (χ0v) is 11.9. The Balaban J connectivity index is 2.08. The number of benzene rings is 1. The molecule has 0 saturated carbocycles. The third kappa shape index (κ3) is 2.31. The number of nitrogens with zero attached hydrogens (tertiary/aromatic N) is 2. The summed E-state index contributed by atoms with van der Waals surface area (Å²) in [6.45, 7) is 0.536. The fraction of sp³-hybridized carbons (Fsp3) is 0.250. The molecule has 0 spiro atoms. The lowest BCUT2D eigenvalue weighted by atomic mass is 10.2. The van der Waals surface area contributed by atoms with Crippen molar-refractivity contribution in [2.75, 3.05) is 7.05 Å². The van der Waals surface area contributed by atoms with Gasteiger partial charge in [-0.15, -0.1) is 0 Å². The smallest absolute Gasteiger partial charge is 0.275 e. The minimum Gasteiger partial charge on any atom is -0.359 e. The Hall–Kier alpha value is -2.56. The van der Waals surface area contributed by atoms with Crippen LogP contribution in [-0.2, 0) is 11.3 Å². The molecule has 21 heavy (non-hydrogen) atoms. The molecule has 0 aliphatic carbocycles. The van der Waals surface area contributed by atoms with Gasteiger partial charge in [-0.2, -0.15) is 0 Å². The second-order valence-corrected chi connectivity index (χ2v) is 4.99. The largest absolute Gasteiger partial charge is 0.359 e. The number of rotatable bonds is 4. The van der Waals surface area contributed by atoms with Crippen molar-refractivity contribution in [1.29, 1.82) is 0 Å². The van der Waals surface area contributed by atoms with Crippen molar-refractivity contribution in [2.45, 2.75) is 19.4 Å². The summed E-state index contributed by atoms with van der Waals surface area (Å²) in [6.07, 6.45) is 2.96. The van der Waals surface area contributed by atoms with Gasteiger partial charge < -0.3 is 14.3 Å². The quantitative estimate of drug-likeness (QED) is 0.793. The van der Waals surface area contributed by atoms with Crippen LogP contribution in [0.5, 0.6) is 0 Å². The molecule has 5 heteroatoms. The molecule has 2 heterocycles. The minimum absolute atomic E-state index is 0.00359. The van der Waals surface area contributed by atoms with Crippen LogP contribution in [0.3, 0.4) is 0 Å². The molecule has 0 radical (unpaired) electrons. The van der Waals surface area contributed by atoms with Gasteiger partial charge in [-0.05, 0) is 30.7 Å². The molecule has 2 aromatic heterocycles. The number of amides is 1. The molecule has 3 aromatic rings. The van der Waals surface area contributed by atoms with Gasteiger partial charge in [-0.25, -0.2) is 0 Å². The first-order valence-electron chi connectivity index (χ1n) is 7.01. The summed E-state index contributed by atoms with van der Waals surface area (Å²) in [6, 6.07) is 11.5. The predicted octanol–water partition coefficient (Wildman–Crippen LogP) is 1.78. The van der Waals surface area contributed by atoms with Gasteiger partial charge in [0.25, 0.3) is 5.56 Å². The summed E-state index contributed by atoms with van der Waals surface area (Å²) in [7, 11) is 1.62. The van der Waals surface area contributed by atoms with Crippen LogP contribution in [-0.4, -0.2) is 21.9 Å². The van der Waals surface area contributed by atoms with Crippen molar-refractivity contribution in [3.63, 3.8) is 0 Å². The molecule has 1 aromatic carbocycles. The van der Waals surface area contributed by atoms with E-state index in [2.05, 4.69) is 5.32 Å². The van der Waals surface area contributed by atoms with E-state index in [-0.39, 0.29) is 11.5 Å². The zero-order valence-electron chi connectivity index (χ0n) is 11.9. The third-order valence-corrected chi connectivity index (χ3v) is 3.71. The van der Waals surface area contributed by atoms with E-state index in [1.807, 2.05) is 47.0 Å². The van der Waals surface area contributed by atoms with Gasteiger partial charge in [0.1, 0.15) is 5.52 Å². The average molecular weight is 283 g/mol. The number of para-hydroxylation sites is 2. The number of aromatic nitrogens is 2. The monoisotopic (exact) mass is 283 g/mol. The fourth-order valence-corrected chi connectivity index (χ4v) is 2.65. The highest BCUT2D eigenvalue weighted by Gasteiger charge is 2.10. The van der Waals surface area contributed by atoms with Crippen LogP contribution in [0, 0.1) is 0 Å². The molecule has 0 unspecified atom stereocenters. The summed E-state index contributed by atoms with van der Waals surface area (Å²) in [5, 5.41) is 2.60. The number of fused-ring (bicyclic) bond motifs is 3. The molecule has 0 aliphatic heterocycles. The normalized spacial score (nSPS) is 11.1. The third-order valence-electron chi connectivity index (χ3n) is 3.71. The molecule has 0 saturated heterocycles. The SMILES string of the molecule is CNC(=O)CCCn1c(=O)c2cccn2c2ccccc21. The maximum Gasteiger partial charge on any atom is 0.275 e. The summed E-state index contributed by atoms with van der Waals surface area (Å²) in [5.74, 6) is -0.00359. The van der Waals surface area contributed by atoms with Crippen LogP contribution in [0.15, 0.2) is 47.4 Å². The number of hydrogen-bond donors (Lipinski definition) is 1. The Morgan fingerprint density at radius 3 is 2.57 bits per heavy atom. The van der Waals surface area contributed by atoms with Crippen LogP contribution in [0.2, 0.25) is 0 Å². The Morgan fingerprint density at radius 2 is 1.81 bits per heavy atom. The van der Waals surface area contributed by atoms with Crippen molar-refractivity contribution >= 4 is 22.5 Å². The van der Waals surface area contributed by atoms with Gasteiger partial charge in [-0.3, -0.25) is 9.59 Å². The van der Waals surface area contributed by atoms with Gasteiger partial charge in [0.05, 0.1) is 11.0 Å². The van der Waals surface area contributed by atoms with E-state index in [0.29, 0.717) is 24.9 Å². The highest BCUT2D eigenvalue weighted by atomic mass is 16.1. The van der Waals surface area contributed by atoms with Crippen LogP contribution >= 0.6 is 0 Å². The lowest BCUT2D eigenvalue weighted by molar-refractivity contribution is -0.120. The van der Waals surface area contributed by atoms with Crippen LogP contribution < -0.4 is 10.9 Å². The lowest BCUT2D eigenvalue weighted by Gasteiger charge is -2.12. The van der Waals surface area contributed by atoms with Crippen LogP contribution in [0.1, 0.15) is 12.8 Å². The van der Waals surface area contributed by atoms with Crippen molar-refractivity contribution in [2.24, 2.45) is 0 Å². The molecule has 0 fully saturated rings. The van der Waals surface area contributed by atoms with Crippen molar-refractivity contribution in [3.8, 4) is 0 Å². The van der Waals surface area contributed by atoms with Crippen LogP contribution in [0.4, 0.5) is 0 Å². The van der Waals surface area contributed by atoms with Gasteiger partial charge in [0, 0.05) is 26.2 Å². The van der Waals surface area contributed by atoms with Crippen molar-refractivity contribution in [3.05, 3.63) is 52.9 Å². The molecule has 1 N–H and O–H groups in total. The first-order chi connectivity index (χ1) is 10.2. The van der Waals surface area contributed by atoms with Gasteiger partial charge >= 0.3 is 0 Å². The van der Waals surface area contributed by atoms with E-state index in [4.69, 9.17) is 0 Å². The molecule has 0 aliphatic rings. The molecule has 0 bridgehead atoms. The lowest BCUT2D eigenvalue weighted by Crippen LogP contribution is -2.24. The maximum atomic E-state index is 12.6. The molecule has 3 rings (SSSR count). The van der Waals surface area contributed by atoms with Crippen molar-refractivity contribution < 1.29 is 4.79 Å². The number of nitrogens with one attached hydrogen (secondary N) is 1.